The van der Waals surface area contributed by atoms with Gasteiger partial charge in [-0.3, -0.25) is 9.59 Å². The van der Waals surface area contributed by atoms with Gasteiger partial charge in [-0.05, 0) is 18.1 Å². The Kier molecular flexibility index (Phi) is 2.91. The molecule has 0 bridgehead atoms. The van der Waals surface area contributed by atoms with Crippen molar-refractivity contribution in [2.75, 3.05) is 6.54 Å². The van der Waals surface area contributed by atoms with E-state index >= 15 is 0 Å². The molecule has 0 fully saturated rings. The Balaban J connectivity index is 2.56. The summed E-state index contributed by atoms with van der Waals surface area (Å²) in [6.45, 7) is 5.99. The van der Waals surface area contributed by atoms with E-state index in [0.717, 1.165) is 5.56 Å². The van der Waals surface area contributed by atoms with Gasteiger partial charge >= 0.3 is 0 Å². The SMILES string of the molecule is C=CC1=C(C(=O)NCC)C(=O)c2ccccc21. The monoisotopic (exact) mass is 227 g/mol. The third-order valence-electron chi connectivity index (χ3n) is 2.73. The fourth-order valence-corrected chi connectivity index (χ4v) is 1.99. The summed E-state index contributed by atoms with van der Waals surface area (Å²) >= 11 is 0. The van der Waals surface area contributed by atoms with E-state index in [9.17, 15) is 9.59 Å². The zero-order valence-corrected chi connectivity index (χ0v) is 9.62. The van der Waals surface area contributed by atoms with Crippen LogP contribution in [0.15, 0.2) is 42.5 Å². The molecule has 0 heterocycles. The summed E-state index contributed by atoms with van der Waals surface area (Å²) in [7, 11) is 0. The van der Waals surface area contributed by atoms with Crippen LogP contribution in [0.2, 0.25) is 0 Å². The summed E-state index contributed by atoms with van der Waals surface area (Å²) in [6, 6.07) is 7.19. The molecule has 17 heavy (non-hydrogen) atoms. The highest BCUT2D eigenvalue weighted by Crippen LogP contribution is 2.33. The number of nitrogens with one attached hydrogen (secondary N) is 1. The molecule has 1 aliphatic carbocycles. The molecule has 86 valence electrons. The van der Waals surface area contributed by atoms with Crippen LogP contribution in [-0.2, 0) is 4.79 Å². The van der Waals surface area contributed by atoms with E-state index in [1.165, 1.54) is 0 Å². The average molecular weight is 227 g/mol. The largest absolute Gasteiger partial charge is 0.352 e. The fraction of sp³-hybridized carbons (Fsp3) is 0.143. The molecule has 1 aromatic carbocycles. The van der Waals surface area contributed by atoms with Gasteiger partial charge in [-0.2, -0.15) is 0 Å². The Labute approximate surface area is 99.8 Å². The van der Waals surface area contributed by atoms with Gasteiger partial charge in [0.1, 0.15) is 0 Å². The second-order valence-corrected chi connectivity index (χ2v) is 3.73. The van der Waals surface area contributed by atoms with Crippen molar-refractivity contribution in [2.45, 2.75) is 6.92 Å². The molecule has 0 atom stereocenters. The molecular formula is C14H13NO2. The molecule has 3 nitrogen and oxygen atoms in total. The fourth-order valence-electron chi connectivity index (χ4n) is 1.99. The van der Waals surface area contributed by atoms with Crippen LogP contribution in [0.4, 0.5) is 0 Å². The molecule has 0 saturated heterocycles. The molecule has 2 rings (SSSR count). The third-order valence-corrected chi connectivity index (χ3v) is 2.73. The molecule has 0 saturated carbocycles. The zero-order valence-electron chi connectivity index (χ0n) is 9.62. The van der Waals surface area contributed by atoms with Gasteiger partial charge in [-0.25, -0.2) is 0 Å². The van der Waals surface area contributed by atoms with Gasteiger partial charge in [0, 0.05) is 12.1 Å². The Morgan fingerprint density at radius 3 is 2.59 bits per heavy atom. The number of allylic oxidation sites excluding steroid dienone is 2. The highest BCUT2D eigenvalue weighted by molar-refractivity contribution is 6.35. The lowest BCUT2D eigenvalue weighted by Gasteiger charge is -2.02. The summed E-state index contributed by atoms with van der Waals surface area (Å²) in [4.78, 5) is 24.0. The molecule has 3 heteroatoms. The molecule has 0 unspecified atom stereocenters. The molecule has 0 aliphatic heterocycles. The number of ketones is 1. The maximum absolute atomic E-state index is 12.1. The van der Waals surface area contributed by atoms with Gasteiger partial charge in [-0.15, -0.1) is 0 Å². The van der Waals surface area contributed by atoms with Crippen LogP contribution in [0.5, 0.6) is 0 Å². The number of hydrogen-bond donors (Lipinski definition) is 1. The van der Waals surface area contributed by atoms with Crippen molar-refractivity contribution in [3.63, 3.8) is 0 Å². The number of amides is 1. The van der Waals surface area contributed by atoms with Crippen molar-refractivity contribution in [1.82, 2.24) is 5.32 Å². The molecule has 1 N–H and O–H groups in total. The van der Waals surface area contributed by atoms with Crippen LogP contribution in [0.25, 0.3) is 5.57 Å². The lowest BCUT2D eigenvalue weighted by molar-refractivity contribution is -0.116. The topological polar surface area (TPSA) is 46.2 Å². The normalized spacial score (nSPS) is 13.6. The Bertz CT molecular complexity index is 541. The average Bonchev–Trinajstić information content (AvgIpc) is 2.63. The maximum atomic E-state index is 12.1. The van der Waals surface area contributed by atoms with Crippen LogP contribution in [0, 0.1) is 0 Å². The summed E-state index contributed by atoms with van der Waals surface area (Å²) < 4.78 is 0. The molecule has 1 amide bonds. The highest BCUT2D eigenvalue weighted by Gasteiger charge is 2.31. The van der Waals surface area contributed by atoms with E-state index in [4.69, 9.17) is 0 Å². The zero-order chi connectivity index (χ0) is 12.4. The summed E-state index contributed by atoms with van der Waals surface area (Å²) in [5.74, 6) is -0.551. The minimum atomic E-state index is -0.330. The van der Waals surface area contributed by atoms with Crippen LogP contribution < -0.4 is 5.32 Å². The van der Waals surface area contributed by atoms with Crippen molar-refractivity contribution in [3.05, 3.63) is 53.6 Å². The predicted molar refractivity (Wildman–Crippen MR) is 66.6 cm³/mol. The van der Waals surface area contributed by atoms with Crippen molar-refractivity contribution < 1.29 is 9.59 Å². The quantitative estimate of drug-likeness (QED) is 0.802. The first-order chi connectivity index (χ1) is 8.20. The van der Waals surface area contributed by atoms with Crippen LogP contribution in [-0.4, -0.2) is 18.2 Å². The second-order valence-electron chi connectivity index (χ2n) is 3.73. The van der Waals surface area contributed by atoms with Gasteiger partial charge in [0.25, 0.3) is 5.91 Å². The van der Waals surface area contributed by atoms with E-state index in [1.807, 2.05) is 19.1 Å². The minimum absolute atomic E-state index is 0.197. The second kappa shape index (κ2) is 4.37. The number of rotatable bonds is 3. The standard InChI is InChI=1S/C14H13NO2/c1-3-9-10-7-5-6-8-11(10)13(16)12(9)14(17)15-4-2/h3,5-8H,1,4H2,2H3,(H,15,17). The minimum Gasteiger partial charge on any atom is -0.352 e. The van der Waals surface area contributed by atoms with Crippen molar-refractivity contribution in [3.8, 4) is 0 Å². The lowest BCUT2D eigenvalue weighted by Crippen LogP contribution is -2.27. The molecule has 1 aromatic rings. The number of carbonyl (C=O) groups excluding carboxylic acids is 2. The number of likely N-dealkylation sites (N-methyl/N-ethyl adjacent to an activating group) is 1. The van der Waals surface area contributed by atoms with Gasteiger partial charge in [-0.1, -0.05) is 36.9 Å². The number of fused-ring (bicyclic) bond motifs is 1. The molecule has 0 radical (unpaired) electrons. The van der Waals surface area contributed by atoms with E-state index < -0.39 is 0 Å². The first-order valence-corrected chi connectivity index (χ1v) is 5.49. The van der Waals surface area contributed by atoms with Crippen LogP contribution in [0.1, 0.15) is 22.8 Å². The number of Topliss-reactive ketones (excluding diaryl/α,β-unsaturated/α-hetero) is 1. The lowest BCUT2D eigenvalue weighted by atomic mass is 10.1. The predicted octanol–water partition coefficient (Wildman–Crippen LogP) is 1.96. The Morgan fingerprint density at radius 1 is 1.35 bits per heavy atom. The van der Waals surface area contributed by atoms with Crippen molar-refractivity contribution >= 4 is 17.3 Å². The van der Waals surface area contributed by atoms with Gasteiger partial charge < -0.3 is 5.32 Å². The Hall–Kier alpha value is -2.16. The Morgan fingerprint density at radius 2 is 2.00 bits per heavy atom. The summed E-state index contributed by atoms with van der Waals surface area (Å²) in [5.41, 5.74) is 2.18. The van der Waals surface area contributed by atoms with E-state index in [2.05, 4.69) is 11.9 Å². The highest BCUT2D eigenvalue weighted by atomic mass is 16.2. The smallest absolute Gasteiger partial charge is 0.255 e. The summed E-state index contributed by atoms with van der Waals surface area (Å²) in [6.07, 6.45) is 1.56. The molecule has 0 spiro atoms. The molecule has 0 aromatic heterocycles. The number of carbonyl (C=O) groups is 2. The van der Waals surface area contributed by atoms with Crippen molar-refractivity contribution in [2.24, 2.45) is 0 Å². The van der Waals surface area contributed by atoms with Crippen LogP contribution in [0.3, 0.4) is 0 Å². The van der Waals surface area contributed by atoms with E-state index in [-0.39, 0.29) is 17.3 Å². The van der Waals surface area contributed by atoms with E-state index in [0.29, 0.717) is 17.7 Å². The first kappa shape index (κ1) is 11.3. The van der Waals surface area contributed by atoms with Gasteiger partial charge in [0.15, 0.2) is 5.78 Å². The number of hydrogen-bond acceptors (Lipinski definition) is 2. The molecule has 1 aliphatic rings. The van der Waals surface area contributed by atoms with Gasteiger partial charge in [0.2, 0.25) is 0 Å². The van der Waals surface area contributed by atoms with Gasteiger partial charge in [0.05, 0.1) is 5.57 Å². The summed E-state index contributed by atoms with van der Waals surface area (Å²) in [5, 5.41) is 2.65. The van der Waals surface area contributed by atoms with Crippen molar-refractivity contribution in [1.29, 1.82) is 0 Å². The third kappa shape index (κ3) is 1.69. The van der Waals surface area contributed by atoms with E-state index in [1.54, 1.807) is 18.2 Å². The maximum Gasteiger partial charge on any atom is 0.255 e. The van der Waals surface area contributed by atoms with Crippen LogP contribution >= 0.6 is 0 Å². The number of benzene rings is 1. The molecular weight excluding hydrogens is 214 g/mol. The first-order valence-electron chi connectivity index (χ1n) is 5.49.